The predicted octanol–water partition coefficient (Wildman–Crippen LogP) is 3.74. The summed E-state index contributed by atoms with van der Waals surface area (Å²) in [4.78, 5) is 17.4. The van der Waals surface area contributed by atoms with E-state index in [2.05, 4.69) is 23.1 Å². The van der Waals surface area contributed by atoms with E-state index < -0.39 is 0 Å². The molecule has 5 rings (SSSR count). The van der Waals surface area contributed by atoms with Crippen LogP contribution in [0.15, 0.2) is 54.6 Å². The van der Waals surface area contributed by atoms with Crippen molar-refractivity contribution in [3.8, 4) is 11.5 Å². The fourth-order valence-electron chi connectivity index (χ4n) is 4.37. The first kappa shape index (κ1) is 18.9. The van der Waals surface area contributed by atoms with E-state index in [0.29, 0.717) is 0 Å². The molecule has 0 radical (unpaired) electrons. The summed E-state index contributed by atoms with van der Waals surface area (Å²) in [6.45, 7) is 5.02. The molecule has 0 saturated carbocycles. The molecule has 0 spiro atoms. The molecule has 0 atom stereocenters. The Kier molecular flexibility index (Phi) is 5.05. The van der Waals surface area contributed by atoms with E-state index in [4.69, 9.17) is 9.47 Å². The highest BCUT2D eigenvalue weighted by Gasteiger charge is 2.23. The molecule has 2 heterocycles. The third-order valence-corrected chi connectivity index (χ3v) is 6.11. The molecule has 2 aliphatic heterocycles. The van der Waals surface area contributed by atoms with E-state index in [1.165, 1.54) is 11.1 Å². The average Bonchev–Trinajstić information content (AvgIpc) is 3.26. The lowest BCUT2D eigenvalue weighted by Gasteiger charge is -2.35. The molecular formula is C25H26N2O3. The van der Waals surface area contributed by atoms with E-state index in [1.807, 2.05) is 41.3 Å². The molecule has 0 bridgehead atoms. The highest BCUT2D eigenvalue weighted by Crippen LogP contribution is 2.27. The Balaban J connectivity index is 1.22. The van der Waals surface area contributed by atoms with Crippen molar-refractivity contribution in [2.24, 2.45) is 0 Å². The van der Waals surface area contributed by atoms with Gasteiger partial charge in [0.2, 0.25) is 0 Å². The van der Waals surface area contributed by atoms with Crippen LogP contribution in [-0.4, -0.2) is 55.6 Å². The highest BCUT2D eigenvalue weighted by molar-refractivity contribution is 5.98. The molecule has 1 fully saturated rings. The van der Waals surface area contributed by atoms with Crippen LogP contribution in [-0.2, 0) is 13.0 Å². The van der Waals surface area contributed by atoms with Crippen molar-refractivity contribution in [2.45, 2.75) is 13.0 Å². The number of fused-ring (bicyclic) bond motifs is 2. The molecule has 0 N–H and O–H groups in total. The molecule has 2 aliphatic rings. The van der Waals surface area contributed by atoms with Gasteiger partial charge in [0.05, 0.1) is 13.7 Å². The maximum absolute atomic E-state index is 13.0. The van der Waals surface area contributed by atoms with Gasteiger partial charge in [-0.3, -0.25) is 9.69 Å². The number of ether oxygens (including phenoxy) is 2. The van der Waals surface area contributed by atoms with Crippen LogP contribution < -0.4 is 9.47 Å². The molecule has 30 heavy (non-hydrogen) atoms. The van der Waals surface area contributed by atoms with Gasteiger partial charge in [0.25, 0.3) is 5.91 Å². The van der Waals surface area contributed by atoms with Gasteiger partial charge in [-0.15, -0.1) is 0 Å². The topological polar surface area (TPSA) is 42.0 Å². The van der Waals surface area contributed by atoms with E-state index in [9.17, 15) is 4.79 Å². The summed E-state index contributed by atoms with van der Waals surface area (Å²) in [6, 6.07) is 18.3. The lowest BCUT2D eigenvalue weighted by Crippen LogP contribution is -2.48. The molecular weight excluding hydrogens is 376 g/mol. The molecule has 3 aromatic carbocycles. The minimum atomic E-state index is 0.113. The van der Waals surface area contributed by atoms with E-state index in [1.54, 1.807) is 7.11 Å². The average molecular weight is 402 g/mol. The summed E-state index contributed by atoms with van der Waals surface area (Å²) in [5.74, 6) is 1.97. The Morgan fingerprint density at radius 3 is 2.60 bits per heavy atom. The Bertz CT molecular complexity index is 1090. The van der Waals surface area contributed by atoms with Crippen LogP contribution in [0.2, 0.25) is 0 Å². The molecule has 0 aromatic heterocycles. The number of methoxy groups -OCH3 is 1. The Morgan fingerprint density at radius 2 is 1.77 bits per heavy atom. The summed E-state index contributed by atoms with van der Waals surface area (Å²) in [5, 5.41) is 2.14. The largest absolute Gasteiger partial charge is 0.497 e. The Morgan fingerprint density at radius 1 is 0.967 bits per heavy atom. The summed E-state index contributed by atoms with van der Waals surface area (Å²) in [6.07, 6.45) is 1.00. The number of hydrogen-bond donors (Lipinski definition) is 0. The number of carbonyl (C=O) groups excluding carboxylic acids is 1. The highest BCUT2D eigenvalue weighted by atomic mass is 16.5. The maximum Gasteiger partial charge on any atom is 0.253 e. The van der Waals surface area contributed by atoms with Crippen molar-refractivity contribution in [3.63, 3.8) is 0 Å². The summed E-state index contributed by atoms with van der Waals surface area (Å²) in [5.41, 5.74) is 3.39. The lowest BCUT2D eigenvalue weighted by atomic mass is 10.1. The zero-order chi connectivity index (χ0) is 20.5. The van der Waals surface area contributed by atoms with Gasteiger partial charge in [0.15, 0.2) is 0 Å². The Hall–Kier alpha value is -3.05. The number of piperazine rings is 1. The third kappa shape index (κ3) is 3.73. The van der Waals surface area contributed by atoms with E-state index in [0.717, 1.165) is 73.6 Å². The first-order valence-electron chi connectivity index (χ1n) is 10.5. The van der Waals surface area contributed by atoms with Crippen LogP contribution in [0, 0.1) is 0 Å². The zero-order valence-electron chi connectivity index (χ0n) is 17.3. The van der Waals surface area contributed by atoms with Gasteiger partial charge in [0, 0.05) is 44.7 Å². The summed E-state index contributed by atoms with van der Waals surface area (Å²) in [7, 11) is 1.66. The second kappa shape index (κ2) is 8.00. The fourth-order valence-corrected chi connectivity index (χ4v) is 4.37. The molecule has 154 valence electrons. The number of hydrogen-bond acceptors (Lipinski definition) is 4. The molecule has 0 unspecified atom stereocenters. The minimum absolute atomic E-state index is 0.113. The molecule has 0 aliphatic carbocycles. The maximum atomic E-state index is 13.0. The summed E-state index contributed by atoms with van der Waals surface area (Å²) >= 11 is 0. The van der Waals surface area contributed by atoms with E-state index >= 15 is 0 Å². The zero-order valence-corrected chi connectivity index (χ0v) is 17.3. The van der Waals surface area contributed by atoms with Gasteiger partial charge in [-0.2, -0.15) is 0 Å². The number of carbonyl (C=O) groups is 1. The third-order valence-electron chi connectivity index (χ3n) is 6.11. The number of nitrogens with zero attached hydrogens (tertiary/aromatic N) is 2. The summed E-state index contributed by atoms with van der Waals surface area (Å²) < 4.78 is 10.9. The monoisotopic (exact) mass is 402 g/mol. The molecule has 3 aromatic rings. The van der Waals surface area contributed by atoms with Crippen LogP contribution in [0.4, 0.5) is 0 Å². The van der Waals surface area contributed by atoms with Crippen LogP contribution in [0.1, 0.15) is 21.5 Å². The van der Waals surface area contributed by atoms with Gasteiger partial charge >= 0.3 is 0 Å². The van der Waals surface area contributed by atoms with Crippen molar-refractivity contribution in [3.05, 3.63) is 71.3 Å². The van der Waals surface area contributed by atoms with Gasteiger partial charge in [0.1, 0.15) is 11.5 Å². The smallest absolute Gasteiger partial charge is 0.253 e. The van der Waals surface area contributed by atoms with Crippen molar-refractivity contribution < 1.29 is 14.3 Å². The number of rotatable bonds is 4. The first-order chi connectivity index (χ1) is 14.7. The number of benzene rings is 3. The van der Waals surface area contributed by atoms with Crippen molar-refractivity contribution in [1.29, 1.82) is 0 Å². The van der Waals surface area contributed by atoms with Crippen molar-refractivity contribution >= 4 is 16.7 Å². The van der Waals surface area contributed by atoms with Crippen LogP contribution in [0.5, 0.6) is 11.5 Å². The second-order valence-electron chi connectivity index (χ2n) is 8.04. The molecule has 1 saturated heterocycles. The van der Waals surface area contributed by atoms with Gasteiger partial charge in [-0.1, -0.05) is 24.3 Å². The Labute approximate surface area is 176 Å². The van der Waals surface area contributed by atoms with Crippen molar-refractivity contribution in [1.82, 2.24) is 9.80 Å². The van der Waals surface area contributed by atoms with Crippen LogP contribution >= 0.6 is 0 Å². The minimum Gasteiger partial charge on any atom is -0.497 e. The predicted molar refractivity (Wildman–Crippen MR) is 117 cm³/mol. The molecule has 1 amide bonds. The van der Waals surface area contributed by atoms with Gasteiger partial charge in [-0.05, 0) is 52.2 Å². The first-order valence-corrected chi connectivity index (χ1v) is 10.5. The van der Waals surface area contributed by atoms with Crippen LogP contribution in [0.25, 0.3) is 10.8 Å². The quantitative estimate of drug-likeness (QED) is 0.667. The fraction of sp³-hybridized carbons (Fsp3) is 0.320. The van der Waals surface area contributed by atoms with Crippen LogP contribution in [0.3, 0.4) is 0 Å². The van der Waals surface area contributed by atoms with Gasteiger partial charge < -0.3 is 14.4 Å². The second-order valence-corrected chi connectivity index (χ2v) is 8.04. The number of amides is 1. The molecule has 5 heteroatoms. The van der Waals surface area contributed by atoms with Gasteiger partial charge in [-0.25, -0.2) is 0 Å². The van der Waals surface area contributed by atoms with Crippen molar-refractivity contribution in [2.75, 3.05) is 39.9 Å². The SMILES string of the molecule is COc1ccc2cc(C(=O)N3CCN(Cc4ccc5c(c4)CCO5)CC3)ccc2c1. The standard InChI is InChI=1S/C25H26N2O3/c1-29-23-6-5-19-15-22(4-3-20(19)16-23)25(28)27-11-9-26(10-12-27)17-18-2-7-24-21(14-18)8-13-30-24/h2-7,14-16H,8-13,17H2,1H3. The lowest BCUT2D eigenvalue weighted by molar-refractivity contribution is 0.0628. The molecule has 5 nitrogen and oxygen atoms in total. The van der Waals surface area contributed by atoms with E-state index in [-0.39, 0.29) is 5.91 Å². The normalized spacial score (nSPS) is 16.4.